The van der Waals surface area contributed by atoms with Crippen molar-refractivity contribution in [1.82, 2.24) is 15.0 Å². The molecule has 0 saturated heterocycles. The van der Waals surface area contributed by atoms with Gasteiger partial charge in [0.15, 0.2) is 17.5 Å². The van der Waals surface area contributed by atoms with Gasteiger partial charge in [0.1, 0.15) is 11.2 Å². The number of fused-ring (bicyclic) bond motifs is 8. The lowest BCUT2D eigenvalue weighted by Crippen LogP contribution is -2.01. The van der Waals surface area contributed by atoms with Gasteiger partial charge in [-0.05, 0) is 44.4 Å². The van der Waals surface area contributed by atoms with Crippen molar-refractivity contribution in [2.45, 2.75) is 0 Å². The van der Waals surface area contributed by atoms with E-state index in [1.807, 2.05) is 0 Å². The molecule has 0 amide bonds. The summed E-state index contributed by atoms with van der Waals surface area (Å²) in [5, 5.41) is -2.99. The quantitative estimate of drug-likeness (QED) is 0.198. The van der Waals surface area contributed by atoms with Gasteiger partial charge < -0.3 is 4.42 Å². The van der Waals surface area contributed by atoms with E-state index in [9.17, 15) is 2.74 Å². The van der Waals surface area contributed by atoms with Crippen molar-refractivity contribution in [1.29, 1.82) is 0 Å². The minimum absolute atomic E-state index is 0.207. The third-order valence-corrected chi connectivity index (χ3v) is 6.76. The highest BCUT2D eigenvalue weighted by Crippen LogP contribution is 2.39. The fourth-order valence-corrected chi connectivity index (χ4v) is 4.92. The second kappa shape index (κ2) is 9.33. The molecule has 200 valence electrons. The third-order valence-electron chi connectivity index (χ3n) is 6.76. The molecule has 0 spiro atoms. The van der Waals surface area contributed by atoms with E-state index in [2.05, 4.69) is 15.0 Å². The van der Waals surface area contributed by atoms with Crippen LogP contribution in [-0.4, -0.2) is 15.0 Å². The molecule has 0 unspecified atom stereocenters. The van der Waals surface area contributed by atoms with Crippen molar-refractivity contribution in [2.24, 2.45) is 0 Å². The zero-order valence-electron chi connectivity index (χ0n) is 43.3. The fourth-order valence-electron chi connectivity index (χ4n) is 4.92. The third kappa shape index (κ3) is 3.74. The summed E-state index contributed by atoms with van der Waals surface area (Å²) in [7, 11) is 0. The molecule has 9 aromatic rings. The van der Waals surface area contributed by atoms with Gasteiger partial charge in [0.2, 0.25) is 0 Å². The van der Waals surface area contributed by atoms with Crippen LogP contribution in [0.1, 0.15) is 30.2 Å². The minimum atomic E-state index is -0.881. The molecule has 9 rings (SSSR count). The molecule has 0 saturated carbocycles. The average Bonchev–Trinajstić information content (AvgIpc) is 3.67. The van der Waals surface area contributed by atoms with E-state index < -0.39 is 194 Å². The Morgan fingerprint density at radius 2 is 1.07 bits per heavy atom. The van der Waals surface area contributed by atoms with E-state index in [1.54, 1.807) is 0 Å². The Kier molecular flexibility index (Phi) is 2.33. The lowest BCUT2D eigenvalue weighted by Gasteiger charge is -2.13. The predicted octanol–water partition coefficient (Wildman–Crippen LogP) is 10.2. The van der Waals surface area contributed by atoms with Gasteiger partial charge in [-0.1, -0.05) is 127 Å². The number of hydrogen-bond acceptors (Lipinski definition) is 4. The summed E-state index contributed by atoms with van der Waals surface area (Å²) in [6, 6.07) is -15.5. The van der Waals surface area contributed by atoms with E-state index in [0.717, 1.165) is 6.07 Å². The largest absolute Gasteiger partial charge is 0.456 e. The number of rotatable bonds is 3. The van der Waals surface area contributed by atoms with Crippen LogP contribution in [-0.2, 0) is 0 Å². The van der Waals surface area contributed by atoms with Crippen LogP contribution in [0.25, 0.3) is 88.4 Å². The van der Waals surface area contributed by atoms with E-state index in [-0.39, 0.29) is 26.9 Å². The van der Waals surface area contributed by atoms with Crippen molar-refractivity contribution in [3.63, 3.8) is 0 Å². The van der Waals surface area contributed by atoms with Crippen LogP contribution < -0.4 is 0 Å². The molecule has 0 radical (unpaired) electrons. The number of aromatic nitrogens is 3. The van der Waals surface area contributed by atoms with Gasteiger partial charge in [-0.15, -0.1) is 0 Å². The normalized spacial score (nSPS) is 18.9. The van der Waals surface area contributed by atoms with Crippen LogP contribution in [0.3, 0.4) is 0 Å². The zero-order chi connectivity index (χ0) is 47.5. The Morgan fingerprint density at radius 1 is 0.419 bits per heavy atom. The molecular weight excluding hydrogens is 526 g/mol. The first-order valence-corrected chi connectivity index (χ1v) is 12.6. The Hall–Kier alpha value is -5.87. The Morgan fingerprint density at radius 3 is 2.00 bits per heavy atom. The van der Waals surface area contributed by atoms with E-state index in [4.69, 9.17) is 31.8 Å². The van der Waals surface area contributed by atoms with Gasteiger partial charge in [0.25, 0.3) is 0 Å². The molecule has 7 aromatic carbocycles. The second-order valence-electron chi connectivity index (χ2n) is 9.14. The zero-order valence-corrected chi connectivity index (χ0v) is 21.3. The van der Waals surface area contributed by atoms with E-state index >= 15 is 0 Å². The van der Waals surface area contributed by atoms with Crippen LogP contribution in [0.5, 0.6) is 0 Å². The van der Waals surface area contributed by atoms with Crippen LogP contribution in [0.15, 0.2) is 143 Å². The predicted molar refractivity (Wildman–Crippen MR) is 176 cm³/mol. The Balaban J connectivity index is 1.56. The lowest BCUT2D eigenvalue weighted by atomic mass is 9.94. The van der Waals surface area contributed by atoms with Crippen LogP contribution >= 0.6 is 0 Å². The van der Waals surface area contributed by atoms with Crippen molar-refractivity contribution in [3.05, 3.63) is 139 Å². The van der Waals surface area contributed by atoms with E-state index in [0.29, 0.717) is 0 Å². The smallest absolute Gasteiger partial charge is 0.164 e. The molecule has 2 aromatic heterocycles. The molecule has 0 aliphatic heterocycles. The summed E-state index contributed by atoms with van der Waals surface area (Å²) in [6.07, 6.45) is 0. The molecule has 43 heavy (non-hydrogen) atoms. The molecule has 4 heteroatoms. The maximum Gasteiger partial charge on any atom is 0.164 e. The highest BCUT2D eigenvalue weighted by Gasteiger charge is 2.19. The first-order chi connectivity index (χ1) is 30.5. The highest BCUT2D eigenvalue weighted by atomic mass is 16.3. The lowest BCUT2D eigenvalue weighted by molar-refractivity contribution is 0.669. The van der Waals surface area contributed by atoms with Gasteiger partial charge in [0.05, 0.1) is 30.2 Å². The fraction of sp³-hybridized carbons (Fsp3) is 0. The first-order valence-electron chi connectivity index (χ1n) is 23.6. The van der Waals surface area contributed by atoms with Gasteiger partial charge in [0, 0.05) is 27.5 Å². The summed E-state index contributed by atoms with van der Waals surface area (Å²) in [6.45, 7) is 0. The Labute approximate surface area is 277 Å². The Bertz CT molecular complexity index is 3730. The van der Waals surface area contributed by atoms with Crippen molar-refractivity contribution in [3.8, 4) is 34.2 Å². The molecule has 0 atom stereocenters. The van der Waals surface area contributed by atoms with Crippen molar-refractivity contribution in [2.75, 3.05) is 0 Å². The van der Waals surface area contributed by atoms with Gasteiger partial charge in [-0.2, -0.15) is 0 Å². The van der Waals surface area contributed by atoms with Gasteiger partial charge in [-0.3, -0.25) is 0 Å². The molecule has 0 fully saturated rings. The maximum absolute atomic E-state index is 9.32. The molecule has 0 bridgehead atoms. The monoisotopic (exact) mass is 571 g/mol. The standard InChI is InChI=1S/C39H23N3O/c1-2-11-26(12-3-1)37-40-38(42-39(41-37)32-17-9-19-34-36(32)31-14-6-7-18-33(31)43-34)30-16-8-15-29-28(30)23-22-25-21-20-24-10-4-5-13-27(24)35(25)29/h1-23H/i1D,2D,3D,4D,5D,6D,7D,8D,9D,11D,12D,13D,14D,15D,16D,17D,18D,19D,20D,21D,22D,23D. The summed E-state index contributed by atoms with van der Waals surface area (Å²) < 4.78 is 198. The van der Waals surface area contributed by atoms with Crippen molar-refractivity contribution >= 4 is 54.3 Å². The summed E-state index contributed by atoms with van der Waals surface area (Å²) in [5.41, 5.74) is -2.87. The van der Waals surface area contributed by atoms with Crippen LogP contribution in [0.4, 0.5) is 0 Å². The van der Waals surface area contributed by atoms with E-state index in [1.165, 1.54) is 0 Å². The summed E-state index contributed by atoms with van der Waals surface area (Å²) in [4.78, 5) is 13.3. The maximum atomic E-state index is 9.32. The number of nitrogens with zero attached hydrogens (tertiary/aromatic N) is 3. The van der Waals surface area contributed by atoms with Crippen molar-refractivity contribution < 1.29 is 34.6 Å². The van der Waals surface area contributed by atoms with Gasteiger partial charge >= 0.3 is 0 Å². The summed E-state index contributed by atoms with van der Waals surface area (Å²) >= 11 is 0. The SMILES string of the molecule is [2H]c1cc2c([2H])c([2H])c3c([2H])c([2H])c4c(-c5nc(-c6c([2H])c([2H])c([2H])c([2H])c6[2H])nc(-c6c([2H])c([2H])c([2H])c7oc8c([2H])c([2H])c([2H])c([2H])c8c67)n5)c([2H])c([2H])c([2H])c4c3c2c([2H])c1[2H]. The highest BCUT2D eigenvalue weighted by molar-refractivity contribution is 6.22. The van der Waals surface area contributed by atoms with Crippen LogP contribution in [0, 0.1) is 0 Å². The number of para-hydroxylation sites is 1. The molecule has 0 N–H and O–H groups in total. The molecule has 4 nitrogen and oxygen atoms in total. The topological polar surface area (TPSA) is 51.8 Å². The number of hydrogen-bond donors (Lipinski definition) is 0. The minimum Gasteiger partial charge on any atom is -0.456 e. The summed E-state index contributed by atoms with van der Waals surface area (Å²) in [5.74, 6) is -2.24. The molecule has 0 aliphatic carbocycles. The number of benzene rings is 7. The van der Waals surface area contributed by atoms with Crippen LogP contribution in [0.2, 0.25) is 0 Å². The first kappa shape index (κ1) is 10.8. The van der Waals surface area contributed by atoms with Gasteiger partial charge in [-0.25, -0.2) is 15.0 Å². The average molecular weight is 572 g/mol. The molecule has 2 heterocycles. The number of furan rings is 1. The molecule has 0 aliphatic rings. The molecular formula is C39H23N3O. The second-order valence-corrected chi connectivity index (χ2v) is 9.14.